The highest BCUT2D eigenvalue weighted by molar-refractivity contribution is 7.80. The van der Waals surface area contributed by atoms with Crippen LogP contribution in [0, 0.1) is 12.3 Å². The molecule has 1 fully saturated rings. The van der Waals surface area contributed by atoms with Gasteiger partial charge in [-0.1, -0.05) is 5.92 Å². The molecule has 1 aliphatic heterocycles. The molecule has 0 aliphatic carbocycles. The van der Waals surface area contributed by atoms with Gasteiger partial charge in [-0.15, -0.1) is 19.1 Å². The molecule has 1 aliphatic rings. The van der Waals surface area contributed by atoms with Crippen LogP contribution in [0.1, 0.15) is 15.2 Å². The van der Waals surface area contributed by atoms with E-state index in [1.165, 1.54) is 0 Å². The van der Waals surface area contributed by atoms with E-state index in [1.807, 2.05) is 0 Å². The summed E-state index contributed by atoms with van der Waals surface area (Å²) in [6.45, 7) is 3.59. The van der Waals surface area contributed by atoms with Gasteiger partial charge in [-0.05, 0) is 13.8 Å². The topological polar surface area (TPSA) is 38.8 Å². The van der Waals surface area contributed by atoms with Gasteiger partial charge in [0.15, 0.2) is 11.6 Å². The lowest BCUT2D eigenvalue weighted by atomic mass is 10.4. The van der Waals surface area contributed by atoms with Crippen molar-refractivity contribution in [3.05, 3.63) is 0 Å². The minimum atomic E-state index is -1.68. The average molecular weight is 217 g/mol. The number of carbonyl (C=O) groups is 1. The van der Waals surface area contributed by atoms with E-state index in [4.69, 9.17) is 17.3 Å². The van der Waals surface area contributed by atoms with Crippen molar-refractivity contribution in [2.75, 3.05) is 6.54 Å². The highest BCUT2D eigenvalue weighted by atomic mass is 32.1. The molecule has 0 saturated carbocycles. The molecule has 5 heteroatoms. The summed E-state index contributed by atoms with van der Waals surface area (Å²) in [6, 6.07) is 0. The van der Waals surface area contributed by atoms with Crippen LogP contribution in [0.3, 0.4) is 0 Å². The highest BCUT2D eigenvalue weighted by Crippen LogP contribution is 2.19. The predicted molar refractivity (Wildman–Crippen MR) is 54.8 cm³/mol. The number of amides is 1. The van der Waals surface area contributed by atoms with Crippen molar-refractivity contribution in [2.45, 2.75) is 31.6 Å². The van der Waals surface area contributed by atoms with E-state index in [-0.39, 0.29) is 12.6 Å². The maximum Gasteiger partial charge on any atom is 0.413 e. The minimum Gasteiger partial charge on any atom is -0.433 e. The largest absolute Gasteiger partial charge is 0.433 e. The Labute approximate surface area is 90.4 Å². The Morgan fingerprint density at radius 1 is 2.00 bits per heavy atom. The molecule has 78 valence electrons. The maximum atomic E-state index is 11.5. The summed E-state index contributed by atoms with van der Waals surface area (Å²) in [7, 11) is 0. The molecular formula is C9H13NO3S. The standard InChI is InChI=1S/C9H13NO3S/c1-4-6(2)12-8(11)10-5-7(3)13-9(10)14/h1,6-7,9,14H,5H2,2-3H3/t6?,7?,9-/m0/s1/i9T. The highest BCUT2D eigenvalue weighted by Gasteiger charge is 2.33. The predicted octanol–water partition coefficient (Wildman–Crippen LogP) is 1.08. The van der Waals surface area contributed by atoms with Crippen LogP contribution < -0.4 is 0 Å². The molecule has 1 heterocycles. The molecular weight excluding hydrogens is 202 g/mol. The second-order valence-corrected chi connectivity index (χ2v) is 3.40. The summed E-state index contributed by atoms with van der Waals surface area (Å²) in [5.41, 5.74) is -1.68. The van der Waals surface area contributed by atoms with Gasteiger partial charge >= 0.3 is 6.09 Å². The van der Waals surface area contributed by atoms with Crippen molar-refractivity contribution in [3.8, 4) is 12.3 Å². The summed E-state index contributed by atoms with van der Waals surface area (Å²) >= 11 is 3.91. The van der Waals surface area contributed by atoms with Crippen LogP contribution in [-0.4, -0.2) is 35.3 Å². The smallest absolute Gasteiger partial charge is 0.413 e. The van der Waals surface area contributed by atoms with Crippen LogP contribution in [0.5, 0.6) is 0 Å². The Bertz CT molecular complexity index is 302. The van der Waals surface area contributed by atoms with E-state index in [1.54, 1.807) is 13.8 Å². The van der Waals surface area contributed by atoms with Gasteiger partial charge in [0.1, 0.15) is 0 Å². The Hall–Kier alpha value is -0.860. The van der Waals surface area contributed by atoms with Crippen LogP contribution >= 0.6 is 12.6 Å². The van der Waals surface area contributed by atoms with Crippen molar-refractivity contribution < 1.29 is 15.6 Å². The first-order valence-electron chi connectivity index (χ1n) is 4.71. The molecule has 0 aromatic rings. The third kappa shape index (κ3) is 2.56. The summed E-state index contributed by atoms with van der Waals surface area (Å²) in [5, 5.41) is 0. The molecule has 0 N–H and O–H groups in total. The van der Waals surface area contributed by atoms with Gasteiger partial charge in [0, 0.05) is 0 Å². The number of thiol groups is 1. The molecule has 0 bridgehead atoms. The lowest BCUT2D eigenvalue weighted by molar-refractivity contribution is 0.0517. The van der Waals surface area contributed by atoms with Gasteiger partial charge in [0.25, 0.3) is 0 Å². The van der Waals surface area contributed by atoms with Crippen LogP contribution in [0.15, 0.2) is 0 Å². The SMILES string of the molecule is [3H][C@@]1(S)OC(C)CN1C(=O)OC(C)C#C. The fourth-order valence-electron chi connectivity index (χ4n) is 1.02. The molecule has 14 heavy (non-hydrogen) atoms. The fraction of sp³-hybridized carbons (Fsp3) is 0.667. The zero-order valence-corrected chi connectivity index (χ0v) is 8.95. The monoisotopic (exact) mass is 217 g/mol. The molecule has 1 amide bonds. The van der Waals surface area contributed by atoms with Crippen LogP contribution in [0.4, 0.5) is 4.79 Å². The van der Waals surface area contributed by atoms with Gasteiger partial charge in [0.05, 0.1) is 14.0 Å². The molecule has 0 radical (unpaired) electrons. The number of nitrogens with zero attached hydrogens (tertiary/aromatic N) is 1. The lowest BCUT2D eigenvalue weighted by Gasteiger charge is -2.19. The quantitative estimate of drug-likeness (QED) is 0.527. The number of ether oxygens (including phenoxy) is 2. The van der Waals surface area contributed by atoms with Gasteiger partial charge < -0.3 is 9.47 Å². The van der Waals surface area contributed by atoms with Gasteiger partial charge in [-0.25, -0.2) is 4.79 Å². The van der Waals surface area contributed by atoms with E-state index in [2.05, 4.69) is 18.5 Å². The van der Waals surface area contributed by atoms with E-state index in [0.29, 0.717) is 0 Å². The Morgan fingerprint density at radius 2 is 2.64 bits per heavy atom. The second kappa shape index (κ2) is 4.58. The first kappa shape index (κ1) is 9.69. The zero-order valence-electron chi connectivity index (χ0n) is 9.06. The third-order valence-electron chi connectivity index (χ3n) is 1.71. The van der Waals surface area contributed by atoms with E-state index in [0.717, 1.165) is 4.90 Å². The van der Waals surface area contributed by atoms with Crippen molar-refractivity contribution in [3.63, 3.8) is 0 Å². The van der Waals surface area contributed by atoms with E-state index >= 15 is 0 Å². The Balaban J connectivity index is 2.65. The lowest BCUT2D eigenvalue weighted by Crippen LogP contribution is -2.35. The van der Waals surface area contributed by atoms with Gasteiger partial charge in [-0.2, -0.15) is 0 Å². The summed E-state index contributed by atoms with van der Waals surface area (Å²) in [4.78, 5) is 12.6. The Kier molecular flexibility index (Phi) is 3.17. The van der Waals surface area contributed by atoms with Crippen molar-refractivity contribution in [2.24, 2.45) is 0 Å². The molecule has 0 spiro atoms. The first-order chi connectivity index (χ1) is 6.86. The third-order valence-corrected chi connectivity index (χ3v) is 2.06. The van der Waals surface area contributed by atoms with Crippen LogP contribution in [0.2, 0.25) is 0 Å². The fourth-order valence-corrected chi connectivity index (χ4v) is 1.36. The molecule has 1 rings (SSSR count). The molecule has 3 atom stereocenters. The number of hydrogen-bond acceptors (Lipinski definition) is 4. The second-order valence-electron chi connectivity index (χ2n) is 3.01. The Morgan fingerprint density at radius 3 is 3.07 bits per heavy atom. The van der Waals surface area contributed by atoms with Crippen LogP contribution in [-0.2, 0) is 9.47 Å². The summed E-state index contributed by atoms with van der Waals surface area (Å²) in [5.74, 6) is 2.26. The summed E-state index contributed by atoms with van der Waals surface area (Å²) in [6.07, 6.45) is 3.52. The van der Waals surface area contributed by atoms with Crippen LogP contribution in [0.25, 0.3) is 0 Å². The molecule has 0 aromatic heterocycles. The molecule has 0 aromatic carbocycles. The van der Waals surface area contributed by atoms with E-state index in [9.17, 15) is 4.79 Å². The van der Waals surface area contributed by atoms with E-state index < -0.39 is 17.7 Å². The number of hydrogen-bond donors (Lipinski definition) is 1. The van der Waals surface area contributed by atoms with Gasteiger partial charge in [-0.3, -0.25) is 4.90 Å². The van der Waals surface area contributed by atoms with Gasteiger partial charge in [0.2, 0.25) is 0 Å². The molecule has 2 unspecified atom stereocenters. The molecule has 4 nitrogen and oxygen atoms in total. The van der Waals surface area contributed by atoms with Crippen molar-refractivity contribution >= 4 is 18.7 Å². The first-order valence-corrected chi connectivity index (χ1v) is 4.66. The molecule has 1 saturated heterocycles. The average Bonchev–Trinajstić information content (AvgIpc) is 2.39. The summed E-state index contributed by atoms with van der Waals surface area (Å²) < 4.78 is 17.6. The van der Waals surface area contributed by atoms with Crippen molar-refractivity contribution in [1.29, 1.82) is 0 Å². The number of terminal acetylenes is 1. The number of carbonyl (C=O) groups excluding carboxylic acids is 1. The minimum absolute atomic E-state index is 0.242. The van der Waals surface area contributed by atoms with Crippen molar-refractivity contribution in [1.82, 2.24) is 4.90 Å². The maximum absolute atomic E-state index is 11.5. The zero-order chi connectivity index (χ0) is 11.6. The number of rotatable bonds is 1. The normalized spacial score (nSPS) is 34.6.